The Morgan fingerprint density at radius 3 is 2.15 bits per heavy atom. The summed E-state index contributed by atoms with van der Waals surface area (Å²) in [5.41, 5.74) is 0. The lowest BCUT2D eigenvalue weighted by molar-refractivity contribution is -0.139. The molecule has 0 aromatic heterocycles. The molecule has 0 aliphatic heterocycles. The van der Waals surface area contributed by atoms with Crippen LogP contribution in [0.4, 0.5) is 0 Å². The molecule has 0 saturated carbocycles. The maximum absolute atomic E-state index is 10.4. The second-order valence-corrected chi connectivity index (χ2v) is 12.0. The summed E-state index contributed by atoms with van der Waals surface area (Å²) >= 11 is 0. The van der Waals surface area contributed by atoms with Gasteiger partial charge in [-0.2, -0.15) is 0 Å². The van der Waals surface area contributed by atoms with Gasteiger partial charge in [0.05, 0.1) is 12.5 Å². The molecule has 120 valence electrons. The number of rotatable bonds is 9. The van der Waals surface area contributed by atoms with Crippen LogP contribution >= 0.6 is 0 Å². The van der Waals surface area contributed by atoms with Gasteiger partial charge in [0.25, 0.3) is 0 Å². The largest absolute Gasteiger partial charge is 0.481 e. The number of aliphatic hydroxyl groups excluding tert-OH is 1. The van der Waals surface area contributed by atoms with E-state index in [-0.39, 0.29) is 17.6 Å². The van der Waals surface area contributed by atoms with Gasteiger partial charge in [0, 0.05) is 6.10 Å². The Kier molecular flexibility index (Phi) is 7.99. The van der Waals surface area contributed by atoms with Crippen molar-refractivity contribution in [2.75, 3.05) is 0 Å². The van der Waals surface area contributed by atoms with Gasteiger partial charge in [-0.3, -0.25) is 4.79 Å². The minimum absolute atomic E-state index is 0.157. The molecule has 2 atom stereocenters. The fourth-order valence-electron chi connectivity index (χ4n) is 1.85. The molecule has 4 nitrogen and oxygen atoms in total. The third-order valence-electron chi connectivity index (χ3n) is 4.11. The summed E-state index contributed by atoms with van der Waals surface area (Å²) in [6.07, 6.45) is 2.68. The first-order valence-electron chi connectivity index (χ1n) is 7.53. The topological polar surface area (TPSA) is 66.8 Å². The molecule has 0 aromatic carbocycles. The number of aliphatic carboxylic acids is 1. The van der Waals surface area contributed by atoms with E-state index in [0.717, 1.165) is 19.3 Å². The van der Waals surface area contributed by atoms with E-state index in [1.54, 1.807) is 0 Å². The highest BCUT2D eigenvalue weighted by Crippen LogP contribution is 2.37. The van der Waals surface area contributed by atoms with Crippen LogP contribution in [0.25, 0.3) is 0 Å². The van der Waals surface area contributed by atoms with Crippen LogP contribution in [0.1, 0.15) is 59.8 Å². The summed E-state index contributed by atoms with van der Waals surface area (Å²) in [5, 5.41) is 18.3. The number of hydrogen-bond acceptors (Lipinski definition) is 3. The van der Waals surface area contributed by atoms with Gasteiger partial charge >= 0.3 is 5.97 Å². The van der Waals surface area contributed by atoms with Gasteiger partial charge in [-0.15, -0.1) is 0 Å². The lowest BCUT2D eigenvalue weighted by atomic mass is 10.1. The van der Waals surface area contributed by atoms with Crippen LogP contribution in [0.3, 0.4) is 0 Å². The van der Waals surface area contributed by atoms with Crippen molar-refractivity contribution in [3.63, 3.8) is 0 Å². The first-order valence-corrected chi connectivity index (χ1v) is 10.4. The Morgan fingerprint density at radius 2 is 1.70 bits per heavy atom. The van der Waals surface area contributed by atoms with E-state index in [0.29, 0.717) is 6.42 Å². The fourth-order valence-corrected chi connectivity index (χ4v) is 3.33. The van der Waals surface area contributed by atoms with Crippen LogP contribution < -0.4 is 0 Å². The van der Waals surface area contributed by atoms with Gasteiger partial charge in [0.15, 0.2) is 8.32 Å². The molecule has 0 spiro atoms. The predicted octanol–water partition coefficient (Wildman–Crippen LogP) is 3.79. The average molecular weight is 305 g/mol. The zero-order valence-electron chi connectivity index (χ0n) is 13.9. The molecule has 0 saturated heterocycles. The first-order chi connectivity index (χ1) is 8.95. The van der Waals surface area contributed by atoms with Crippen LogP contribution in [0, 0.1) is 0 Å². The summed E-state index contributed by atoms with van der Waals surface area (Å²) in [4.78, 5) is 10.4. The number of hydrogen-bond donors (Lipinski definition) is 2. The Bertz CT molecular complexity index is 297. The summed E-state index contributed by atoms with van der Waals surface area (Å²) in [6.45, 7) is 13.3. The second-order valence-electron chi connectivity index (χ2n) is 7.22. The number of carboxylic acids is 1. The van der Waals surface area contributed by atoms with Crippen LogP contribution in [-0.2, 0) is 9.22 Å². The van der Waals surface area contributed by atoms with Gasteiger partial charge in [-0.25, -0.2) is 0 Å². The van der Waals surface area contributed by atoms with Gasteiger partial charge in [-0.05, 0) is 37.9 Å². The third-order valence-corrected chi connectivity index (χ3v) is 8.71. The normalized spacial score (nSPS) is 15.9. The van der Waals surface area contributed by atoms with Crippen molar-refractivity contribution in [3.05, 3.63) is 0 Å². The van der Waals surface area contributed by atoms with E-state index in [4.69, 9.17) is 9.53 Å². The van der Waals surface area contributed by atoms with Crippen molar-refractivity contribution in [1.29, 1.82) is 0 Å². The van der Waals surface area contributed by atoms with E-state index < -0.39 is 20.4 Å². The predicted molar refractivity (Wildman–Crippen MR) is 84.5 cm³/mol. The lowest BCUT2D eigenvalue weighted by Crippen LogP contribution is -2.43. The standard InChI is InChI=1S/C15H32O4Si/c1-12(19-20(5,6)15(2,3)4)9-7-8-10-13(16)11-14(17)18/h12-13,16H,7-11H2,1-6H3,(H,17,18)/t12-,13-/m1/s1. The quantitative estimate of drug-likeness (QED) is 0.502. The number of aliphatic hydroxyl groups is 1. The van der Waals surface area contributed by atoms with Crippen LogP contribution in [0.5, 0.6) is 0 Å². The molecule has 2 N–H and O–H groups in total. The minimum atomic E-state index is -1.70. The number of carboxylic acid groups (broad SMARTS) is 1. The molecular formula is C15H32O4Si. The molecule has 0 unspecified atom stereocenters. The Balaban J connectivity index is 3.90. The van der Waals surface area contributed by atoms with Crippen LogP contribution in [0.15, 0.2) is 0 Å². The molecule has 0 aromatic rings. The maximum atomic E-state index is 10.4. The minimum Gasteiger partial charge on any atom is -0.481 e. The smallest absolute Gasteiger partial charge is 0.305 e. The van der Waals surface area contributed by atoms with Crippen molar-refractivity contribution in [1.82, 2.24) is 0 Å². The van der Waals surface area contributed by atoms with E-state index >= 15 is 0 Å². The van der Waals surface area contributed by atoms with E-state index in [1.807, 2.05) is 0 Å². The van der Waals surface area contributed by atoms with Crippen LogP contribution in [0.2, 0.25) is 18.1 Å². The zero-order valence-corrected chi connectivity index (χ0v) is 14.9. The Labute approximate surface area is 124 Å². The third kappa shape index (κ3) is 8.02. The highest BCUT2D eigenvalue weighted by Gasteiger charge is 2.38. The van der Waals surface area contributed by atoms with Crippen molar-refractivity contribution in [2.24, 2.45) is 0 Å². The van der Waals surface area contributed by atoms with Crippen LogP contribution in [-0.4, -0.2) is 36.7 Å². The van der Waals surface area contributed by atoms with Crippen molar-refractivity contribution < 1.29 is 19.4 Å². The monoisotopic (exact) mass is 304 g/mol. The summed E-state index contributed by atoms with van der Waals surface area (Å²) in [5.74, 6) is -0.938. The highest BCUT2D eigenvalue weighted by atomic mass is 28.4. The molecule has 0 aliphatic rings. The van der Waals surface area contributed by atoms with E-state index in [2.05, 4.69) is 40.8 Å². The van der Waals surface area contributed by atoms with Crippen molar-refractivity contribution >= 4 is 14.3 Å². The summed E-state index contributed by atoms with van der Waals surface area (Å²) < 4.78 is 6.26. The average Bonchev–Trinajstić information content (AvgIpc) is 2.21. The van der Waals surface area contributed by atoms with E-state index in [1.165, 1.54) is 0 Å². The number of carbonyl (C=O) groups is 1. The van der Waals surface area contributed by atoms with Crippen molar-refractivity contribution in [3.8, 4) is 0 Å². The fraction of sp³-hybridized carbons (Fsp3) is 0.933. The molecular weight excluding hydrogens is 272 g/mol. The first kappa shape index (κ1) is 19.6. The molecule has 0 aliphatic carbocycles. The molecule has 0 fully saturated rings. The Morgan fingerprint density at radius 1 is 1.20 bits per heavy atom. The van der Waals surface area contributed by atoms with Gasteiger partial charge in [0.2, 0.25) is 0 Å². The summed E-state index contributed by atoms with van der Waals surface area (Å²) in [6, 6.07) is 0. The Hall–Kier alpha value is -0.393. The molecule has 0 rings (SSSR count). The zero-order chi connectivity index (χ0) is 16.0. The maximum Gasteiger partial charge on any atom is 0.305 e. The van der Waals surface area contributed by atoms with Gasteiger partial charge in [-0.1, -0.05) is 33.6 Å². The molecule has 0 radical (unpaired) electrons. The van der Waals surface area contributed by atoms with Crippen molar-refractivity contribution in [2.45, 2.75) is 90.1 Å². The SMILES string of the molecule is C[C@H](CCCC[C@@H](O)CC(=O)O)O[Si](C)(C)C(C)(C)C. The highest BCUT2D eigenvalue weighted by molar-refractivity contribution is 6.74. The molecule has 0 amide bonds. The van der Waals surface area contributed by atoms with E-state index in [9.17, 15) is 9.90 Å². The molecule has 5 heteroatoms. The molecule has 0 bridgehead atoms. The van der Waals surface area contributed by atoms with Gasteiger partial charge < -0.3 is 14.6 Å². The number of unbranched alkanes of at least 4 members (excludes halogenated alkanes) is 1. The summed E-state index contributed by atoms with van der Waals surface area (Å²) in [7, 11) is -1.70. The second kappa shape index (κ2) is 8.15. The lowest BCUT2D eigenvalue weighted by Gasteiger charge is -2.38. The molecule has 0 heterocycles. The van der Waals surface area contributed by atoms with Gasteiger partial charge in [0.1, 0.15) is 0 Å². The molecule has 20 heavy (non-hydrogen) atoms.